The van der Waals surface area contributed by atoms with Crippen LogP contribution in [0.4, 0.5) is 13.2 Å². The van der Waals surface area contributed by atoms with Crippen molar-refractivity contribution < 1.29 is 26.3 Å². The molecule has 0 aliphatic carbocycles. The molecule has 4 nitrogen and oxygen atoms in total. The van der Waals surface area contributed by atoms with E-state index in [1.807, 2.05) is 6.07 Å². The van der Waals surface area contributed by atoms with E-state index in [4.69, 9.17) is 0 Å². The van der Waals surface area contributed by atoms with E-state index in [0.29, 0.717) is 0 Å². The summed E-state index contributed by atoms with van der Waals surface area (Å²) in [5.74, 6) is 0. The van der Waals surface area contributed by atoms with Crippen molar-refractivity contribution in [1.82, 2.24) is 4.31 Å². The molecule has 1 aliphatic rings. The lowest BCUT2D eigenvalue weighted by Crippen LogP contribution is -2.54. The maximum absolute atomic E-state index is 11.9. The van der Waals surface area contributed by atoms with Crippen LogP contribution in [0.1, 0.15) is 5.56 Å². The van der Waals surface area contributed by atoms with Gasteiger partial charge in [-0.05, 0) is 11.6 Å². The molecule has 0 bridgehead atoms. The lowest BCUT2D eigenvalue weighted by atomic mass is 10.2. The average Bonchev–Trinajstić information content (AvgIpc) is 2.34. The summed E-state index contributed by atoms with van der Waals surface area (Å²) in [6.07, 6.45) is -3.65. The van der Waals surface area contributed by atoms with Gasteiger partial charge in [0, 0.05) is 18.5 Å². The van der Waals surface area contributed by atoms with Gasteiger partial charge in [-0.3, -0.25) is 0 Å². The highest BCUT2D eigenvalue weighted by molar-refractivity contribution is 7.92. The summed E-state index contributed by atoms with van der Waals surface area (Å²) in [6.45, 7) is -1.47. The number of nitrogens with zero attached hydrogens (tertiary/aromatic N) is 1. The van der Waals surface area contributed by atoms with Crippen LogP contribution in [0.2, 0.25) is 0 Å². The van der Waals surface area contributed by atoms with Crippen molar-refractivity contribution in [2.45, 2.75) is 12.3 Å². The van der Waals surface area contributed by atoms with Crippen LogP contribution in [0.5, 0.6) is 0 Å². The highest BCUT2D eigenvalue weighted by Crippen LogP contribution is 2.22. The first-order valence-electron chi connectivity index (χ1n) is 6.18. The summed E-state index contributed by atoms with van der Waals surface area (Å²) in [5, 5.41) is 1.04. The normalized spacial score (nSPS) is 18.0. The smallest absolute Gasteiger partial charge is 0.366 e. The third kappa shape index (κ3) is 4.83. The molecule has 1 fully saturated rings. The zero-order valence-corrected chi connectivity index (χ0v) is 11.8. The van der Waals surface area contributed by atoms with Crippen molar-refractivity contribution in [3.63, 3.8) is 0 Å². The van der Waals surface area contributed by atoms with Crippen molar-refractivity contribution in [2.24, 2.45) is 0 Å². The van der Waals surface area contributed by atoms with E-state index in [1.54, 1.807) is 24.3 Å². The van der Waals surface area contributed by atoms with Crippen molar-refractivity contribution in [2.75, 3.05) is 19.7 Å². The van der Waals surface area contributed by atoms with E-state index in [1.165, 1.54) is 6.08 Å². The number of ether oxygens (including phenoxy) is 1. The second-order valence-corrected chi connectivity index (χ2v) is 6.44. The zero-order valence-electron chi connectivity index (χ0n) is 11.0. The Hall–Kier alpha value is -1.38. The minimum Gasteiger partial charge on any atom is -0.366 e. The van der Waals surface area contributed by atoms with Crippen LogP contribution in [0, 0.1) is 0 Å². The Morgan fingerprint density at radius 2 is 1.86 bits per heavy atom. The molecular weight excluding hydrogens is 307 g/mol. The van der Waals surface area contributed by atoms with E-state index in [9.17, 15) is 21.6 Å². The molecule has 0 radical (unpaired) electrons. The number of hydrogen-bond acceptors (Lipinski definition) is 3. The van der Waals surface area contributed by atoms with Gasteiger partial charge >= 0.3 is 6.18 Å². The van der Waals surface area contributed by atoms with Crippen LogP contribution in [0.3, 0.4) is 0 Å². The molecule has 1 heterocycles. The molecule has 116 valence electrons. The number of benzene rings is 1. The Kier molecular flexibility index (Phi) is 4.70. The first-order valence-corrected chi connectivity index (χ1v) is 7.68. The van der Waals surface area contributed by atoms with Gasteiger partial charge in [0.05, 0.1) is 6.10 Å². The van der Waals surface area contributed by atoms with Crippen LogP contribution < -0.4 is 0 Å². The molecule has 2 rings (SSSR count). The summed E-state index contributed by atoms with van der Waals surface area (Å²) in [6, 6.07) is 8.85. The monoisotopic (exact) mass is 321 g/mol. The molecular formula is C13H14F3NO3S. The highest BCUT2D eigenvalue weighted by Gasteiger charge is 2.38. The average molecular weight is 321 g/mol. The summed E-state index contributed by atoms with van der Waals surface area (Å²) in [4.78, 5) is 0. The number of sulfonamides is 1. The molecule has 0 saturated carbocycles. The SMILES string of the molecule is O=S(=O)(/C=C/c1ccccc1)N1CC(OCC(F)(F)F)C1. The van der Waals surface area contributed by atoms with E-state index < -0.39 is 28.9 Å². The minimum atomic E-state index is -4.40. The molecule has 0 spiro atoms. The van der Waals surface area contributed by atoms with Crippen LogP contribution in [-0.4, -0.2) is 44.7 Å². The number of hydrogen-bond donors (Lipinski definition) is 0. The van der Waals surface area contributed by atoms with Crippen LogP contribution in [0.25, 0.3) is 6.08 Å². The van der Waals surface area contributed by atoms with Crippen LogP contribution in [0.15, 0.2) is 35.7 Å². The predicted octanol–water partition coefficient (Wildman–Crippen LogP) is 2.25. The third-order valence-electron chi connectivity index (χ3n) is 2.89. The van der Waals surface area contributed by atoms with Crippen molar-refractivity contribution in [1.29, 1.82) is 0 Å². The molecule has 21 heavy (non-hydrogen) atoms. The molecule has 0 atom stereocenters. The van der Waals surface area contributed by atoms with E-state index in [0.717, 1.165) is 15.3 Å². The molecule has 1 aromatic rings. The van der Waals surface area contributed by atoms with Crippen LogP contribution in [-0.2, 0) is 14.8 Å². The standard InChI is InChI=1S/C13H14F3NO3S/c14-13(15,16)10-20-12-8-17(9-12)21(18,19)7-6-11-4-2-1-3-5-11/h1-7,12H,8-10H2/b7-6+. The fraction of sp³-hybridized carbons (Fsp3) is 0.385. The van der Waals surface area contributed by atoms with Gasteiger partial charge in [-0.1, -0.05) is 30.3 Å². The second kappa shape index (κ2) is 6.17. The Balaban J connectivity index is 1.85. The quantitative estimate of drug-likeness (QED) is 0.836. The summed E-state index contributed by atoms with van der Waals surface area (Å²) >= 11 is 0. The van der Waals surface area contributed by atoms with Gasteiger partial charge in [0.25, 0.3) is 0 Å². The van der Waals surface area contributed by atoms with Gasteiger partial charge in [-0.2, -0.15) is 17.5 Å². The molecule has 0 N–H and O–H groups in total. The predicted molar refractivity (Wildman–Crippen MR) is 71.8 cm³/mol. The zero-order chi connectivity index (χ0) is 15.5. The summed E-state index contributed by atoms with van der Waals surface area (Å²) in [5.41, 5.74) is 0.728. The van der Waals surface area contributed by atoms with Crippen molar-refractivity contribution >= 4 is 16.1 Å². The fourth-order valence-corrected chi connectivity index (χ4v) is 2.99. The van der Waals surface area contributed by atoms with Gasteiger partial charge < -0.3 is 4.74 Å². The maximum Gasteiger partial charge on any atom is 0.411 e. The third-order valence-corrected chi connectivity index (χ3v) is 4.39. The maximum atomic E-state index is 11.9. The van der Waals surface area contributed by atoms with E-state index >= 15 is 0 Å². The first-order chi connectivity index (χ1) is 9.76. The van der Waals surface area contributed by atoms with Gasteiger partial charge in [0.15, 0.2) is 0 Å². The van der Waals surface area contributed by atoms with Crippen molar-refractivity contribution in [3.8, 4) is 0 Å². The van der Waals surface area contributed by atoms with E-state index in [-0.39, 0.29) is 13.1 Å². The lowest BCUT2D eigenvalue weighted by Gasteiger charge is -2.36. The van der Waals surface area contributed by atoms with Gasteiger partial charge in [-0.15, -0.1) is 0 Å². The molecule has 1 saturated heterocycles. The topological polar surface area (TPSA) is 46.6 Å². The second-order valence-electron chi connectivity index (χ2n) is 4.62. The van der Waals surface area contributed by atoms with E-state index in [2.05, 4.69) is 4.74 Å². The molecule has 0 aromatic heterocycles. The first kappa shape index (κ1) is 16.0. The summed E-state index contributed by atoms with van der Waals surface area (Å²) < 4.78 is 65.3. The molecule has 0 unspecified atom stereocenters. The molecule has 0 amide bonds. The molecule has 1 aliphatic heterocycles. The minimum absolute atomic E-state index is 0.0580. The highest BCUT2D eigenvalue weighted by atomic mass is 32.2. The number of rotatable bonds is 5. The van der Waals surface area contributed by atoms with Gasteiger partial charge in [0.1, 0.15) is 6.61 Å². The van der Waals surface area contributed by atoms with Gasteiger partial charge in [0.2, 0.25) is 10.0 Å². The van der Waals surface area contributed by atoms with Crippen LogP contribution >= 0.6 is 0 Å². The Labute approximate surface area is 120 Å². The van der Waals surface area contributed by atoms with Gasteiger partial charge in [-0.25, -0.2) is 8.42 Å². The molecule has 1 aromatic carbocycles. The van der Waals surface area contributed by atoms with Crippen molar-refractivity contribution in [3.05, 3.63) is 41.3 Å². The Morgan fingerprint density at radius 1 is 1.24 bits per heavy atom. The Morgan fingerprint density at radius 3 is 2.43 bits per heavy atom. The number of halogens is 3. The number of alkyl halides is 3. The molecule has 8 heteroatoms. The fourth-order valence-electron chi connectivity index (χ4n) is 1.74. The largest absolute Gasteiger partial charge is 0.411 e. The summed E-state index contributed by atoms with van der Waals surface area (Å²) in [7, 11) is -3.62. The Bertz CT molecular complexity index is 593. The lowest BCUT2D eigenvalue weighted by molar-refractivity contribution is -0.194.